The van der Waals surface area contributed by atoms with Gasteiger partial charge in [0.2, 0.25) is 5.91 Å². The van der Waals surface area contributed by atoms with Gasteiger partial charge in [0.05, 0.1) is 17.3 Å². The molecular formula is C31H32N2O3. The Morgan fingerprint density at radius 3 is 1.53 bits per heavy atom. The van der Waals surface area contributed by atoms with E-state index >= 15 is 0 Å². The van der Waals surface area contributed by atoms with E-state index in [1.165, 1.54) is 19.3 Å². The Morgan fingerprint density at radius 2 is 1.11 bits per heavy atom. The van der Waals surface area contributed by atoms with Crippen molar-refractivity contribution in [2.75, 3.05) is 0 Å². The molecule has 184 valence electrons. The molecule has 4 saturated carbocycles. The smallest absolute Gasteiger partial charge is 0.253 e. The molecule has 0 unspecified atom stereocenters. The number of nitrogens with one attached hydrogen (secondary N) is 1. The number of carbonyl (C=O) groups excluding carboxylic acids is 3. The normalized spacial score (nSPS) is 38.3. The lowest BCUT2D eigenvalue weighted by molar-refractivity contribution is -0.160. The lowest BCUT2D eigenvalue weighted by Gasteiger charge is -2.55. The first-order chi connectivity index (χ1) is 17.5. The molecule has 1 heterocycles. The van der Waals surface area contributed by atoms with Gasteiger partial charge in [0, 0.05) is 11.8 Å². The first-order valence-corrected chi connectivity index (χ1v) is 13.5. The zero-order valence-electron chi connectivity index (χ0n) is 20.4. The number of nitrogens with zero attached hydrogens (tertiary/aromatic N) is 1. The van der Waals surface area contributed by atoms with Crippen LogP contribution in [0.4, 0.5) is 0 Å². The highest BCUT2D eigenvalue weighted by atomic mass is 16.2. The summed E-state index contributed by atoms with van der Waals surface area (Å²) in [6.07, 6.45) is 10.6. The van der Waals surface area contributed by atoms with Crippen LogP contribution in [0.2, 0.25) is 0 Å². The predicted molar refractivity (Wildman–Crippen MR) is 135 cm³/mol. The number of fused-ring (bicyclic) bond motifs is 1. The van der Waals surface area contributed by atoms with Gasteiger partial charge in [0.25, 0.3) is 11.8 Å². The quantitative estimate of drug-likeness (QED) is 0.496. The number of rotatable bonds is 4. The second-order valence-corrected chi connectivity index (χ2v) is 12.0. The molecule has 5 nitrogen and oxygen atoms in total. The maximum atomic E-state index is 13.9. The topological polar surface area (TPSA) is 66.5 Å². The van der Waals surface area contributed by atoms with Gasteiger partial charge in [0.15, 0.2) is 0 Å². The zero-order valence-corrected chi connectivity index (χ0v) is 20.4. The zero-order chi connectivity index (χ0) is 24.4. The Morgan fingerprint density at radius 1 is 0.694 bits per heavy atom. The maximum Gasteiger partial charge on any atom is 0.253 e. The Kier molecular flexibility index (Phi) is 4.99. The molecule has 2 aromatic rings. The molecule has 5 aliphatic carbocycles. The lowest BCUT2D eigenvalue weighted by Crippen LogP contribution is -2.58. The molecule has 1 saturated heterocycles. The van der Waals surface area contributed by atoms with Crippen LogP contribution in [0.25, 0.3) is 0 Å². The van der Waals surface area contributed by atoms with E-state index in [-0.39, 0.29) is 29.6 Å². The summed E-state index contributed by atoms with van der Waals surface area (Å²) in [4.78, 5) is 41.6. The Bertz CT molecular complexity index is 1130. The molecule has 4 bridgehead atoms. The monoisotopic (exact) mass is 480 g/mol. The first kappa shape index (κ1) is 22.0. The van der Waals surface area contributed by atoms with E-state index in [4.69, 9.17) is 0 Å². The van der Waals surface area contributed by atoms with Gasteiger partial charge in [-0.25, -0.2) is 0 Å². The third-order valence-corrected chi connectivity index (χ3v) is 9.80. The lowest BCUT2D eigenvalue weighted by atomic mass is 9.49. The summed E-state index contributed by atoms with van der Waals surface area (Å²) in [5.74, 6) is -0.287. The third kappa shape index (κ3) is 3.31. The molecule has 0 radical (unpaired) electrons. The van der Waals surface area contributed by atoms with Crippen LogP contribution in [0.1, 0.15) is 61.5 Å². The molecule has 5 fully saturated rings. The Labute approximate surface area is 211 Å². The first-order valence-electron chi connectivity index (χ1n) is 13.5. The van der Waals surface area contributed by atoms with Crippen LogP contribution in [0.3, 0.4) is 0 Å². The summed E-state index contributed by atoms with van der Waals surface area (Å²) in [6, 6.07) is 19.9. The van der Waals surface area contributed by atoms with E-state index < -0.39 is 17.3 Å². The van der Waals surface area contributed by atoms with Crippen molar-refractivity contribution in [2.24, 2.45) is 35.0 Å². The summed E-state index contributed by atoms with van der Waals surface area (Å²) >= 11 is 0. The molecular weight excluding hydrogens is 448 g/mol. The molecule has 8 rings (SSSR count). The molecule has 6 aliphatic rings. The van der Waals surface area contributed by atoms with E-state index in [1.54, 1.807) is 0 Å². The molecule has 0 spiro atoms. The summed E-state index contributed by atoms with van der Waals surface area (Å²) in [6.45, 7) is 0. The predicted octanol–water partition coefficient (Wildman–Crippen LogP) is 4.97. The van der Waals surface area contributed by atoms with Gasteiger partial charge in [-0.1, -0.05) is 72.8 Å². The van der Waals surface area contributed by atoms with E-state index in [9.17, 15) is 14.4 Å². The maximum absolute atomic E-state index is 13.9. The molecule has 0 aromatic heterocycles. The second-order valence-electron chi connectivity index (χ2n) is 12.0. The summed E-state index contributed by atoms with van der Waals surface area (Å²) in [5.41, 5.74) is 4.52. The van der Waals surface area contributed by atoms with Gasteiger partial charge in [-0.15, -0.1) is 0 Å². The van der Waals surface area contributed by atoms with Crippen LogP contribution >= 0.6 is 0 Å². The van der Waals surface area contributed by atoms with Crippen LogP contribution < -0.4 is 5.43 Å². The van der Waals surface area contributed by atoms with Crippen LogP contribution in [0.5, 0.6) is 0 Å². The van der Waals surface area contributed by atoms with Crippen molar-refractivity contribution >= 4 is 17.7 Å². The number of benzene rings is 2. The van der Waals surface area contributed by atoms with E-state index in [0.717, 1.165) is 35.4 Å². The van der Waals surface area contributed by atoms with Gasteiger partial charge in [-0.3, -0.25) is 19.8 Å². The summed E-state index contributed by atoms with van der Waals surface area (Å²) < 4.78 is 0. The van der Waals surface area contributed by atoms with Crippen LogP contribution in [-0.2, 0) is 14.4 Å². The van der Waals surface area contributed by atoms with Crippen molar-refractivity contribution in [2.45, 2.75) is 50.4 Å². The van der Waals surface area contributed by atoms with Crippen molar-refractivity contribution in [3.05, 3.63) is 83.9 Å². The van der Waals surface area contributed by atoms with Gasteiger partial charge in [-0.2, -0.15) is 5.01 Å². The van der Waals surface area contributed by atoms with E-state index in [1.807, 2.05) is 60.7 Å². The Hall–Kier alpha value is -3.21. The average Bonchev–Trinajstić information content (AvgIpc) is 3.14. The number of hydrazine groups is 1. The van der Waals surface area contributed by atoms with Crippen molar-refractivity contribution in [1.29, 1.82) is 0 Å². The van der Waals surface area contributed by atoms with E-state index in [2.05, 4.69) is 17.6 Å². The van der Waals surface area contributed by atoms with Crippen LogP contribution in [0.15, 0.2) is 72.8 Å². The molecule has 36 heavy (non-hydrogen) atoms. The highest BCUT2D eigenvalue weighted by molar-refractivity contribution is 6.08. The average molecular weight is 481 g/mol. The SMILES string of the molecule is O=C1[C@H]2[C@H](C(=O)N1NC(=O)C13CC4CC(CC(C4)C1)C3)[C@H](c1ccccc1)C=C[C@@H]2c1ccccc1. The molecule has 1 aliphatic heterocycles. The standard InChI is InChI=1S/C31H32N2O3/c34-28-26-24(22-7-3-1-4-8-22)11-12-25(23-9-5-2-6-10-23)27(26)29(35)33(28)32-30(36)31-16-19-13-20(17-31)15-21(14-19)18-31/h1-12,19-21,24-27H,13-18H2,(H,32,36)/t19?,20?,21?,24-,25+,26-,27-,31?/m1/s1. The molecule has 1 N–H and O–H groups in total. The minimum absolute atomic E-state index is 0.109. The molecule has 2 aromatic carbocycles. The van der Waals surface area contributed by atoms with E-state index in [0.29, 0.717) is 17.8 Å². The minimum atomic E-state index is -0.535. The van der Waals surface area contributed by atoms with Crippen LogP contribution in [-0.4, -0.2) is 22.7 Å². The number of hydrogen-bond acceptors (Lipinski definition) is 3. The fourth-order valence-electron chi connectivity index (χ4n) is 8.65. The number of amides is 3. The highest BCUT2D eigenvalue weighted by Crippen LogP contribution is 2.60. The molecule has 3 amide bonds. The summed E-state index contributed by atoms with van der Waals surface area (Å²) in [7, 11) is 0. The minimum Gasteiger partial charge on any atom is -0.273 e. The Balaban J connectivity index is 1.22. The number of hydrogen-bond donors (Lipinski definition) is 1. The largest absolute Gasteiger partial charge is 0.273 e. The summed E-state index contributed by atoms with van der Waals surface area (Å²) in [5, 5.41) is 1.11. The van der Waals surface area contributed by atoms with Crippen LogP contribution in [0, 0.1) is 35.0 Å². The van der Waals surface area contributed by atoms with Gasteiger partial charge in [0.1, 0.15) is 0 Å². The van der Waals surface area contributed by atoms with Gasteiger partial charge < -0.3 is 0 Å². The van der Waals surface area contributed by atoms with Crippen molar-refractivity contribution < 1.29 is 14.4 Å². The number of imide groups is 1. The van der Waals surface area contributed by atoms with Gasteiger partial charge >= 0.3 is 0 Å². The second kappa shape index (κ2) is 8.16. The van der Waals surface area contributed by atoms with Crippen molar-refractivity contribution in [3.63, 3.8) is 0 Å². The fraction of sp³-hybridized carbons (Fsp3) is 0.452. The highest BCUT2D eigenvalue weighted by Gasteiger charge is 2.59. The number of carbonyl (C=O) groups is 3. The number of allylic oxidation sites excluding steroid dienone is 2. The van der Waals surface area contributed by atoms with Crippen molar-refractivity contribution in [3.8, 4) is 0 Å². The third-order valence-electron chi connectivity index (χ3n) is 9.80. The van der Waals surface area contributed by atoms with Gasteiger partial charge in [-0.05, 0) is 67.4 Å². The fourth-order valence-corrected chi connectivity index (χ4v) is 8.65. The molecule has 5 heteroatoms. The molecule has 4 atom stereocenters. The van der Waals surface area contributed by atoms with Crippen molar-refractivity contribution in [1.82, 2.24) is 10.4 Å².